The fourth-order valence-corrected chi connectivity index (χ4v) is 4.16. The van der Waals surface area contributed by atoms with E-state index in [0.29, 0.717) is 42.1 Å². The Hall–Kier alpha value is -2.08. The molecule has 1 aliphatic rings. The lowest BCUT2D eigenvalue weighted by Crippen LogP contribution is -2.32. The first kappa shape index (κ1) is 17.7. The van der Waals surface area contributed by atoms with Crippen LogP contribution in [0.1, 0.15) is 27.6 Å². The van der Waals surface area contributed by atoms with E-state index >= 15 is 0 Å². The Morgan fingerprint density at radius 2 is 2.04 bits per heavy atom. The summed E-state index contributed by atoms with van der Waals surface area (Å²) in [5.74, 6) is 0.405. The van der Waals surface area contributed by atoms with Gasteiger partial charge in [0.05, 0.1) is 7.11 Å². The minimum Gasteiger partial charge on any atom is -0.497 e. The van der Waals surface area contributed by atoms with E-state index in [1.807, 2.05) is 0 Å². The zero-order valence-electron chi connectivity index (χ0n) is 13.9. The fraction of sp³-hybridized carbons (Fsp3) is 0.316. The predicted molar refractivity (Wildman–Crippen MR) is 95.1 cm³/mol. The molecule has 1 fully saturated rings. The zero-order valence-corrected chi connectivity index (χ0v) is 14.7. The topological polar surface area (TPSA) is 29.5 Å². The molecule has 1 amide bonds. The van der Waals surface area contributed by atoms with Gasteiger partial charge >= 0.3 is 0 Å². The third-order valence-electron chi connectivity index (χ3n) is 4.25. The smallest absolute Gasteiger partial charge is 0.254 e. The maximum atomic E-state index is 14.0. The SMILES string of the molecule is COc1cccc(C(=O)N2CCSC(c3cc(F)ccc3F)CC2)c1. The molecule has 1 saturated heterocycles. The first-order chi connectivity index (χ1) is 12.1. The van der Waals surface area contributed by atoms with Gasteiger partial charge in [-0.15, -0.1) is 0 Å². The Labute approximate surface area is 150 Å². The monoisotopic (exact) mass is 363 g/mol. The largest absolute Gasteiger partial charge is 0.497 e. The number of benzene rings is 2. The Morgan fingerprint density at radius 3 is 2.84 bits per heavy atom. The summed E-state index contributed by atoms with van der Waals surface area (Å²) in [6.07, 6.45) is 0.584. The van der Waals surface area contributed by atoms with Crippen molar-refractivity contribution in [3.05, 3.63) is 65.2 Å². The molecular formula is C19H19F2NO2S. The van der Waals surface area contributed by atoms with Crippen LogP contribution in [0.25, 0.3) is 0 Å². The Morgan fingerprint density at radius 1 is 1.20 bits per heavy atom. The first-order valence-corrected chi connectivity index (χ1v) is 9.13. The van der Waals surface area contributed by atoms with Gasteiger partial charge < -0.3 is 9.64 Å². The van der Waals surface area contributed by atoms with Crippen molar-refractivity contribution in [2.24, 2.45) is 0 Å². The predicted octanol–water partition coefficient (Wildman–Crippen LogP) is 4.29. The van der Waals surface area contributed by atoms with Gasteiger partial charge in [-0.25, -0.2) is 8.78 Å². The lowest BCUT2D eigenvalue weighted by molar-refractivity contribution is 0.0766. The lowest BCUT2D eigenvalue weighted by Gasteiger charge is -2.20. The Bertz CT molecular complexity index is 769. The van der Waals surface area contributed by atoms with Crippen LogP contribution in [0.5, 0.6) is 5.75 Å². The summed E-state index contributed by atoms with van der Waals surface area (Å²) in [5.41, 5.74) is 0.945. The molecule has 3 rings (SSSR count). The molecule has 1 atom stereocenters. The van der Waals surface area contributed by atoms with Crippen molar-refractivity contribution in [2.75, 3.05) is 26.0 Å². The van der Waals surface area contributed by atoms with E-state index in [0.717, 1.165) is 12.1 Å². The summed E-state index contributed by atoms with van der Waals surface area (Å²) in [5, 5.41) is -0.154. The summed E-state index contributed by atoms with van der Waals surface area (Å²) in [6, 6.07) is 10.6. The molecule has 6 heteroatoms. The average Bonchev–Trinajstić information content (AvgIpc) is 2.89. The molecule has 25 heavy (non-hydrogen) atoms. The molecule has 2 aromatic carbocycles. The van der Waals surface area contributed by atoms with Gasteiger partial charge in [0.25, 0.3) is 5.91 Å². The molecule has 1 unspecified atom stereocenters. The second kappa shape index (κ2) is 7.87. The second-order valence-electron chi connectivity index (χ2n) is 5.84. The number of nitrogens with zero attached hydrogens (tertiary/aromatic N) is 1. The van der Waals surface area contributed by atoms with Gasteiger partial charge in [0.2, 0.25) is 0 Å². The van der Waals surface area contributed by atoms with Crippen molar-refractivity contribution >= 4 is 17.7 Å². The third kappa shape index (κ3) is 4.12. The van der Waals surface area contributed by atoms with Crippen LogP contribution in [-0.2, 0) is 0 Å². The minimum absolute atomic E-state index is 0.0696. The molecule has 132 valence electrons. The molecule has 1 heterocycles. The molecule has 0 spiro atoms. The van der Waals surface area contributed by atoms with E-state index in [1.165, 1.54) is 6.07 Å². The number of amides is 1. The third-order valence-corrected chi connectivity index (χ3v) is 5.56. The highest BCUT2D eigenvalue weighted by atomic mass is 32.2. The summed E-state index contributed by atoms with van der Waals surface area (Å²) < 4.78 is 32.6. The zero-order chi connectivity index (χ0) is 17.8. The van der Waals surface area contributed by atoms with Crippen molar-refractivity contribution in [1.82, 2.24) is 4.90 Å². The highest BCUT2D eigenvalue weighted by molar-refractivity contribution is 7.99. The van der Waals surface area contributed by atoms with E-state index in [-0.39, 0.29) is 11.2 Å². The number of carbonyl (C=O) groups excluding carboxylic acids is 1. The number of methoxy groups -OCH3 is 1. The van der Waals surface area contributed by atoms with Crippen LogP contribution in [0.15, 0.2) is 42.5 Å². The van der Waals surface area contributed by atoms with E-state index in [1.54, 1.807) is 48.0 Å². The van der Waals surface area contributed by atoms with Crippen LogP contribution in [-0.4, -0.2) is 36.8 Å². The van der Waals surface area contributed by atoms with Gasteiger partial charge in [-0.3, -0.25) is 4.79 Å². The van der Waals surface area contributed by atoms with Gasteiger partial charge in [-0.2, -0.15) is 11.8 Å². The maximum absolute atomic E-state index is 14.0. The lowest BCUT2D eigenvalue weighted by atomic mass is 10.1. The quantitative estimate of drug-likeness (QED) is 0.815. The molecule has 0 N–H and O–H groups in total. The van der Waals surface area contributed by atoms with Crippen molar-refractivity contribution in [3.8, 4) is 5.75 Å². The summed E-state index contributed by atoms with van der Waals surface area (Å²) in [7, 11) is 1.56. The van der Waals surface area contributed by atoms with Crippen molar-refractivity contribution in [1.29, 1.82) is 0 Å². The molecule has 3 nitrogen and oxygen atoms in total. The number of hydrogen-bond donors (Lipinski definition) is 0. The first-order valence-electron chi connectivity index (χ1n) is 8.08. The van der Waals surface area contributed by atoms with Crippen LogP contribution >= 0.6 is 11.8 Å². The van der Waals surface area contributed by atoms with Gasteiger partial charge in [0, 0.05) is 35.2 Å². The van der Waals surface area contributed by atoms with E-state index in [2.05, 4.69) is 0 Å². The summed E-state index contributed by atoms with van der Waals surface area (Å²) >= 11 is 1.56. The molecule has 0 radical (unpaired) electrons. The molecule has 0 bridgehead atoms. The van der Waals surface area contributed by atoms with Gasteiger partial charge in [0.1, 0.15) is 17.4 Å². The van der Waals surface area contributed by atoms with Gasteiger partial charge in [-0.05, 0) is 42.8 Å². The summed E-state index contributed by atoms with van der Waals surface area (Å²) in [4.78, 5) is 14.5. The number of thioether (sulfide) groups is 1. The fourth-order valence-electron chi connectivity index (χ4n) is 2.92. The van der Waals surface area contributed by atoms with Crippen molar-refractivity contribution < 1.29 is 18.3 Å². The molecule has 0 aromatic heterocycles. The normalized spacial score (nSPS) is 17.9. The standard InChI is InChI=1S/C19H19F2NO2S/c1-24-15-4-2-3-13(11-15)19(23)22-8-7-18(25-10-9-22)16-12-14(20)5-6-17(16)21/h2-6,11-12,18H,7-10H2,1H3. The van der Waals surface area contributed by atoms with Gasteiger partial charge in [-0.1, -0.05) is 6.07 Å². The average molecular weight is 363 g/mol. The number of carbonyl (C=O) groups is 1. The van der Waals surface area contributed by atoms with Crippen LogP contribution in [0.4, 0.5) is 8.78 Å². The minimum atomic E-state index is -0.439. The van der Waals surface area contributed by atoms with Crippen LogP contribution in [0.2, 0.25) is 0 Å². The van der Waals surface area contributed by atoms with E-state index in [9.17, 15) is 13.6 Å². The number of halogens is 2. The summed E-state index contributed by atoms with van der Waals surface area (Å²) in [6.45, 7) is 1.08. The Balaban J connectivity index is 1.72. The molecule has 2 aromatic rings. The highest BCUT2D eigenvalue weighted by Crippen LogP contribution is 2.36. The molecular weight excluding hydrogens is 344 g/mol. The molecule has 0 aliphatic carbocycles. The van der Waals surface area contributed by atoms with Crippen LogP contribution in [0.3, 0.4) is 0 Å². The maximum Gasteiger partial charge on any atom is 0.254 e. The molecule has 0 saturated carbocycles. The number of rotatable bonds is 3. The van der Waals surface area contributed by atoms with E-state index < -0.39 is 11.6 Å². The van der Waals surface area contributed by atoms with Crippen molar-refractivity contribution in [2.45, 2.75) is 11.7 Å². The second-order valence-corrected chi connectivity index (χ2v) is 7.15. The number of ether oxygens (including phenoxy) is 1. The van der Waals surface area contributed by atoms with Crippen molar-refractivity contribution in [3.63, 3.8) is 0 Å². The number of hydrogen-bond acceptors (Lipinski definition) is 3. The Kier molecular flexibility index (Phi) is 5.58. The van der Waals surface area contributed by atoms with Gasteiger partial charge in [0.15, 0.2) is 0 Å². The molecule has 1 aliphatic heterocycles. The van der Waals surface area contributed by atoms with Crippen LogP contribution < -0.4 is 4.74 Å². The van der Waals surface area contributed by atoms with E-state index in [4.69, 9.17) is 4.74 Å². The highest BCUT2D eigenvalue weighted by Gasteiger charge is 2.25. The van der Waals surface area contributed by atoms with Crippen LogP contribution in [0, 0.1) is 11.6 Å².